The Morgan fingerprint density at radius 2 is 2.06 bits per heavy atom. The van der Waals surface area contributed by atoms with Gasteiger partial charge in [-0.25, -0.2) is 9.37 Å². The highest BCUT2D eigenvalue weighted by atomic mass is 35.5. The maximum Gasteiger partial charge on any atom is 0.152 e. The van der Waals surface area contributed by atoms with E-state index in [4.69, 9.17) is 11.6 Å². The smallest absolute Gasteiger partial charge is 0.152 e. The number of nitrogens with zero attached hydrogens (tertiary/aromatic N) is 2. The van der Waals surface area contributed by atoms with Crippen LogP contribution in [0.1, 0.15) is 5.69 Å². The Hall–Kier alpha value is -1.39. The highest BCUT2D eigenvalue weighted by molar-refractivity contribution is 6.30. The molecule has 0 spiro atoms. The van der Waals surface area contributed by atoms with E-state index < -0.39 is 0 Å². The molecule has 88 valence electrons. The van der Waals surface area contributed by atoms with Crippen LogP contribution in [0.2, 0.25) is 5.15 Å². The fourth-order valence-electron chi connectivity index (χ4n) is 2.08. The fourth-order valence-corrected chi connectivity index (χ4v) is 2.33. The van der Waals surface area contributed by atoms with Crippen LogP contribution in [0.4, 0.5) is 4.39 Å². The zero-order valence-electron chi connectivity index (χ0n) is 9.08. The Bertz CT molecular complexity index is 548. The molecule has 0 bridgehead atoms. The van der Waals surface area contributed by atoms with Gasteiger partial charge in [-0.2, -0.15) is 0 Å². The Labute approximate surface area is 103 Å². The van der Waals surface area contributed by atoms with Crippen molar-refractivity contribution in [1.29, 1.82) is 0 Å². The number of nitrogens with one attached hydrogen (secondary N) is 1. The lowest BCUT2D eigenvalue weighted by atomic mass is 10.2. The van der Waals surface area contributed by atoms with Crippen LogP contribution in [0.3, 0.4) is 0 Å². The van der Waals surface area contributed by atoms with Gasteiger partial charge in [-0.05, 0) is 24.3 Å². The van der Waals surface area contributed by atoms with Crippen molar-refractivity contribution in [3.63, 3.8) is 0 Å². The zero-order chi connectivity index (χ0) is 11.8. The maximum absolute atomic E-state index is 12.9. The Balaban J connectivity index is 2.11. The molecule has 0 fully saturated rings. The maximum atomic E-state index is 12.9. The minimum atomic E-state index is -0.244. The molecule has 2 aromatic rings. The number of imidazole rings is 1. The Kier molecular flexibility index (Phi) is 2.61. The van der Waals surface area contributed by atoms with Gasteiger partial charge in [-0.3, -0.25) is 0 Å². The molecule has 0 atom stereocenters. The van der Waals surface area contributed by atoms with Crippen LogP contribution in [0, 0.1) is 5.82 Å². The molecule has 1 aromatic heterocycles. The lowest BCUT2D eigenvalue weighted by Crippen LogP contribution is -2.28. The van der Waals surface area contributed by atoms with Crippen molar-refractivity contribution in [3.05, 3.63) is 40.9 Å². The molecule has 3 rings (SSSR count). The average molecular weight is 252 g/mol. The second-order valence-electron chi connectivity index (χ2n) is 4.01. The zero-order valence-corrected chi connectivity index (χ0v) is 9.84. The van der Waals surface area contributed by atoms with E-state index in [1.807, 2.05) is 0 Å². The topological polar surface area (TPSA) is 29.9 Å². The number of hydrogen-bond acceptors (Lipinski definition) is 2. The largest absolute Gasteiger partial charge is 0.324 e. The van der Waals surface area contributed by atoms with E-state index in [1.165, 1.54) is 12.1 Å². The van der Waals surface area contributed by atoms with Gasteiger partial charge in [0.1, 0.15) is 11.6 Å². The van der Waals surface area contributed by atoms with Gasteiger partial charge in [0.05, 0.1) is 5.69 Å². The van der Waals surface area contributed by atoms with Gasteiger partial charge in [-0.15, -0.1) is 0 Å². The number of halogens is 2. The summed E-state index contributed by atoms with van der Waals surface area (Å²) in [5.41, 5.74) is 1.89. The van der Waals surface area contributed by atoms with Crippen LogP contribution in [0.15, 0.2) is 24.3 Å². The first-order chi connectivity index (χ1) is 8.25. The van der Waals surface area contributed by atoms with Crippen LogP contribution in [-0.4, -0.2) is 16.1 Å². The van der Waals surface area contributed by atoms with Crippen LogP contribution in [0.5, 0.6) is 0 Å². The highest BCUT2D eigenvalue weighted by Crippen LogP contribution is 2.26. The highest BCUT2D eigenvalue weighted by Gasteiger charge is 2.19. The molecular weight excluding hydrogens is 241 g/mol. The third kappa shape index (κ3) is 1.83. The van der Waals surface area contributed by atoms with Gasteiger partial charge in [0.25, 0.3) is 0 Å². The standard InChI is InChI=1S/C12H11ClFN3/c13-11-10-7-15-5-6-17(10)12(16-11)8-1-3-9(14)4-2-8/h1-4,15H,5-7H2. The van der Waals surface area contributed by atoms with E-state index >= 15 is 0 Å². The molecule has 0 unspecified atom stereocenters. The summed E-state index contributed by atoms with van der Waals surface area (Å²) >= 11 is 6.10. The normalized spacial score (nSPS) is 14.7. The van der Waals surface area contributed by atoms with E-state index in [1.54, 1.807) is 12.1 Å². The number of fused-ring (bicyclic) bond motifs is 1. The summed E-state index contributed by atoms with van der Waals surface area (Å²) in [5, 5.41) is 3.77. The number of aromatic nitrogens is 2. The van der Waals surface area contributed by atoms with Gasteiger partial charge in [0.15, 0.2) is 5.15 Å². The van der Waals surface area contributed by atoms with Gasteiger partial charge >= 0.3 is 0 Å². The summed E-state index contributed by atoms with van der Waals surface area (Å²) in [6, 6.07) is 6.32. The molecular formula is C12H11ClFN3. The molecule has 0 saturated heterocycles. The van der Waals surface area contributed by atoms with E-state index in [-0.39, 0.29) is 5.82 Å². The van der Waals surface area contributed by atoms with Gasteiger partial charge in [-0.1, -0.05) is 11.6 Å². The third-order valence-electron chi connectivity index (χ3n) is 2.93. The summed E-state index contributed by atoms with van der Waals surface area (Å²) in [5.74, 6) is 0.568. The lowest BCUT2D eigenvalue weighted by Gasteiger charge is -2.17. The molecule has 0 radical (unpaired) electrons. The summed E-state index contributed by atoms with van der Waals surface area (Å²) in [7, 11) is 0. The average Bonchev–Trinajstić information content (AvgIpc) is 2.69. The van der Waals surface area contributed by atoms with Gasteiger partial charge in [0.2, 0.25) is 0 Å². The first kappa shape index (κ1) is 10.7. The van der Waals surface area contributed by atoms with Crippen molar-refractivity contribution in [2.75, 3.05) is 6.54 Å². The minimum Gasteiger partial charge on any atom is -0.324 e. The van der Waals surface area contributed by atoms with Crippen molar-refractivity contribution in [2.45, 2.75) is 13.1 Å². The second kappa shape index (κ2) is 4.13. The quantitative estimate of drug-likeness (QED) is 0.844. The molecule has 1 N–H and O–H groups in total. The van der Waals surface area contributed by atoms with Crippen molar-refractivity contribution in [3.8, 4) is 11.4 Å². The van der Waals surface area contributed by atoms with Gasteiger partial charge in [0, 0.05) is 25.2 Å². The SMILES string of the molecule is Fc1ccc(-c2nc(Cl)c3n2CCNC3)cc1. The second-order valence-corrected chi connectivity index (χ2v) is 4.37. The molecule has 0 saturated carbocycles. The number of benzene rings is 1. The van der Waals surface area contributed by atoms with Crippen LogP contribution < -0.4 is 5.32 Å². The molecule has 5 heteroatoms. The van der Waals surface area contributed by atoms with Crippen molar-refractivity contribution in [2.24, 2.45) is 0 Å². The molecule has 1 aliphatic rings. The van der Waals surface area contributed by atoms with E-state index in [0.29, 0.717) is 5.15 Å². The van der Waals surface area contributed by atoms with E-state index in [0.717, 1.165) is 36.7 Å². The van der Waals surface area contributed by atoms with Crippen molar-refractivity contribution < 1.29 is 4.39 Å². The van der Waals surface area contributed by atoms with Crippen molar-refractivity contribution in [1.82, 2.24) is 14.9 Å². The van der Waals surface area contributed by atoms with Crippen LogP contribution in [0.25, 0.3) is 11.4 Å². The molecule has 0 aliphatic carbocycles. The first-order valence-corrected chi connectivity index (χ1v) is 5.85. The summed E-state index contributed by atoms with van der Waals surface area (Å²) < 4.78 is 15.0. The molecule has 0 amide bonds. The lowest BCUT2D eigenvalue weighted by molar-refractivity contribution is 0.520. The van der Waals surface area contributed by atoms with Crippen molar-refractivity contribution >= 4 is 11.6 Å². The van der Waals surface area contributed by atoms with Crippen LogP contribution in [-0.2, 0) is 13.1 Å². The minimum absolute atomic E-state index is 0.244. The van der Waals surface area contributed by atoms with E-state index in [2.05, 4.69) is 14.9 Å². The summed E-state index contributed by atoms with van der Waals surface area (Å²) in [6.07, 6.45) is 0. The first-order valence-electron chi connectivity index (χ1n) is 5.47. The summed E-state index contributed by atoms with van der Waals surface area (Å²) in [4.78, 5) is 4.36. The third-order valence-corrected chi connectivity index (χ3v) is 3.23. The molecule has 17 heavy (non-hydrogen) atoms. The van der Waals surface area contributed by atoms with E-state index in [9.17, 15) is 4.39 Å². The monoisotopic (exact) mass is 251 g/mol. The number of rotatable bonds is 1. The Morgan fingerprint density at radius 1 is 1.29 bits per heavy atom. The van der Waals surface area contributed by atoms with Gasteiger partial charge < -0.3 is 9.88 Å². The Morgan fingerprint density at radius 3 is 2.82 bits per heavy atom. The number of hydrogen-bond donors (Lipinski definition) is 1. The predicted molar refractivity (Wildman–Crippen MR) is 64.3 cm³/mol. The molecule has 2 heterocycles. The molecule has 1 aromatic carbocycles. The molecule has 1 aliphatic heterocycles. The molecule has 3 nitrogen and oxygen atoms in total. The summed E-state index contributed by atoms with van der Waals surface area (Å²) in [6.45, 7) is 2.46. The fraction of sp³-hybridized carbons (Fsp3) is 0.250. The predicted octanol–water partition coefficient (Wildman–Crippen LogP) is 2.45. The van der Waals surface area contributed by atoms with Crippen LogP contribution >= 0.6 is 11.6 Å².